The fraction of sp³-hybridized carbons (Fsp3) is 0.533. The number of phenolic OH excluding ortho intramolecular Hbond substituents is 1. The molecule has 0 spiro atoms. The molecule has 0 radical (unpaired) electrons. The average molecular weight is 250 g/mol. The van der Waals surface area contributed by atoms with Gasteiger partial charge in [-0.1, -0.05) is 27.2 Å². The van der Waals surface area contributed by atoms with E-state index in [4.69, 9.17) is 5.11 Å². The first kappa shape index (κ1) is 14.6. The molecule has 0 amide bonds. The van der Waals surface area contributed by atoms with Gasteiger partial charge >= 0.3 is 5.97 Å². The molecule has 0 atom stereocenters. The first-order valence-corrected chi connectivity index (χ1v) is 6.35. The number of carboxylic acid groups (broad SMARTS) is 1. The number of carbonyl (C=O) groups is 1. The van der Waals surface area contributed by atoms with Crippen LogP contribution in [0.3, 0.4) is 0 Å². The van der Waals surface area contributed by atoms with Gasteiger partial charge in [-0.2, -0.15) is 0 Å². The molecule has 0 unspecified atom stereocenters. The molecule has 0 aliphatic rings. The van der Waals surface area contributed by atoms with Crippen LogP contribution in [0.2, 0.25) is 0 Å². The van der Waals surface area contributed by atoms with Crippen molar-refractivity contribution < 1.29 is 15.0 Å². The third kappa shape index (κ3) is 4.78. The summed E-state index contributed by atoms with van der Waals surface area (Å²) in [6.45, 7) is 6.60. The largest absolute Gasteiger partial charge is 0.508 e. The number of hydrogen-bond donors (Lipinski definition) is 2. The Labute approximate surface area is 108 Å². The average Bonchev–Trinajstić information content (AvgIpc) is 2.22. The standard InChI is InChI=1S/C15H22O3/c1-15(2,3)9-5-4-6-11-10-12(16)7-8-13(11)14(17)18/h7-8,10,16H,4-6,9H2,1-3H3,(H,17,18). The summed E-state index contributed by atoms with van der Waals surface area (Å²) in [6, 6.07) is 4.44. The molecule has 0 saturated carbocycles. The van der Waals surface area contributed by atoms with E-state index in [-0.39, 0.29) is 5.75 Å². The van der Waals surface area contributed by atoms with Gasteiger partial charge in [-0.25, -0.2) is 4.79 Å². The summed E-state index contributed by atoms with van der Waals surface area (Å²) in [5, 5.41) is 18.5. The fourth-order valence-corrected chi connectivity index (χ4v) is 1.97. The highest BCUT2D eigenvalue weighted by atomic mass is 16.4. The quantitative estimate of drug-likeness (QED) is 0.780. The topological polar surface area (TPSA) is 57.5 Å². The van der Waals surface area contributed by atoms with Crippen molar-refractivity contribution >= 4 is 5.97 Å². The Morgan fingerprint density at radius 1 is 1.22 bits per heavy atom. The number of aromatic carboxylic acids is 1. The molecular formula is C15H22O3. The number of phenols is 1. The zero-order valence-corrected chi connectivity index (χ0v) is 11.4. The molecular weight excluding hydrogens is 228 g/mol. The van der Waals surface area contributed by atoms with Gasteiger partial charge in [0.1, 0.15) is 5.75 Å². The van der Waals surface area contributed by atoms with Crippen LogP contribution < -0.4 is 0 Å². The third-order valence-corrected chi connectivity index (χ3v) is 2.94. The van der Waals surface area contributed by atoms with Crippen molar-refractivity contribution in [3.8, 4) is 5.75 Å². The Morgan fingerprint density at radius 2 is 1.89 bits per heavy atom. The lowest BCUT2D eigenvalue weighted by Gasteiger charge is -2.17. The molecule has 0 fully saturated rings. The van der Waals surface area contributed by atoms with Crippen molar-refractivity contribution in [2.24, 2.45) is 5.41 Å². The second-order valence-corrected chi connectivity index (χ2v) is 5.91. The third-order valence-electron chi connectivity index (χ3n) is 2.94. The van der Waals surface area contributed by atoms with Crippen molar-refractivity contribution in [2.75, 3.05) is 0 Å². The van der Waals surface area contributed by atoms with Gasteiger partial charge in [-0.3, -0.25) is 0 Å². The zero-order chi connectivity index (χ0) is 13.8. The minimum absolute atomic E-state index is 0.130. The second-order valence-electron chi connectivity index (χ2n) is 5.91. The number of rotatable bonds is 5. The van der Waals surface area contributed by atoms with Crippen LogP contribution in [0, 0.1) is 5.41 Å². The van der Waals surface area contributed by atoms with Crippen LogP contribution in [0.1, 0.15) is 56.0 Å². The number of aromatic hydroxyl groups is 1. The Kier molecular flexibility index (Phi) is 4.76. The van der Waals surface area contributed by atoms with E-state index in [0.29, 0.717) is 17.4 Å². The Hall–Kier alpha value is -1.51. The van der Waals surface area contributed by atoms with Crippen LogP contribution in [-0.4, -0.2) is 16.2 Å². The maximum Gasteiger partial charge on any atom is 0.335 e. The molecule has 0 heterocycles. The van der Waals surface area contributed by atoms with Crippen LogP contribution in [0.5, 0.6) is 5.75 Å². The van der Waals surface area contributed by atoms with E-state index in [9.17, 15) is 9.90 Å². The molecule has 1 rings (SSSR count). The lowest BCUT2D eigenvalue weighted by molar-refractivity contribution is 0.0695. The van der Waals surface area contributed by atoms with Crippen LogP contribution in [0.4, 0.5) is 0 Å². The van der Waals surface area contributed by atoms with Crippen LogP contribution in [0.25, 0.3) is 0 Å². The van der Waals surface area contributed by atoms with Gasteiger partial charge < -0.3 is 10.2 Å². The van der Waals surface area contributed by atoms with Crippen LogP contribution in [-0.2, 0) is 6.42 Å². The summed E-state index contributed by atoms with van der Waals surface area (Å²) in [7, 11) is 0. The summed E-state index contributed by atoms with van der Waals surface area (Å²) >= 11 is 0. The van der Waals surface area contributed by atoms with E-state index in [1.54, 1.807) is 6.07 Å². The summed E-state index contributed by atoms with van der Waals surface area (Å²) < 4.78 is 0. The first-order valence-electron chi connectivity index (χ1n) is 6.35. The van der Waals surface area contributed by atoms with Crippen molar-refractivity contribution in [3.05, 3.63) is 29.3 Å². The van der Waals surface area contributed by atoms with Crippen LogP contribution >= 0.6 is 0 Å². The SMILES string of the molecule is CC(C)(C)CCCCc1cc(O)ccc1C(=O)O. The monoisotopic (exact) mass is 250 g/mol. The van der Waals surface area contributed by atoms with Crippen LogP contribution in [0.15, 0.2) is 18.2 Å². The summed E-state index contributed by atoms with van der Waals surface area (Å²) in [4.78, 5) is 11.0. The molecule has 2 N–H and O–H groups in total. The number of unbranched alkanes of at least 4 members (excludes halogenated alkanes) is 1. The molecule has 18 heavy (non-hydrogen) atoms. The molecule has 3 heteroatoms. The molecule has 100 valence electrons. The van der Waals surface area contributed by atoms with Gasteiger partial charge in [0, 0.05) is 0 Å². The molecule has 0 aromatic heterocycles. The predicted molar refractivity (Wildman–Crippen MR) is 72.1 cm³/mol. The van der Waals surface area contributed by atoms with Crippen molar-refractivity contribution in [2.45, 2.75) is 46.5 Å². The van der Waals surface area contributed by atoms with E-state index in [1.165, 1.54) is 12.1 Å². The lowest BCUT2D eigenvalue weighted by Crippen LogP contribution is -2.05. The molecule has 0 saturated heterocycles. The first-order chi connectivity index (χ1) is 8.29. The molecule has 1 aromatic carbocycles. The fourth-order valence-electron chi connectivity index (χ4n) is 1.97. The van der Waals surface area contributed by atoms with Gasteiger partial charge in [0.05, 0.1) is 5.56 Å². The molecule has 0 aliphatic carbocycles. The highest BCUT2D eigenvalue weighted by molar-refractivity contribution is 5.89. The molecule has 3 nitrogen and oxygen atoms in total. The Morgan fingerprint density at radius 3 is 2.44 bits per heavy atom. The van der Waals surface area contributed by atoms with Gasteiger partial charge in [-0.05, 0) is 48.4 Å². The van der Waals surface area contributed by atoms with Gasteiger partial charge in [0.2, 0.25) is 0 Å². The maximum atomic E-state index is 11.0. The van der Waals surface area contributed by atoms with E-state index < -0.39 is 5.97 Å². The number of carboxylic acids is 1. The van der Waals surface area contributed by atoms with Gasteiger partial charge in [-0.15, -0.1) is 0 Å². The lowest BCUT2D eigenvalue weighted by atomic mass is 9.89. The minimum Gasteiger partial charge on any atom is -0.508 e. The Bertz CT molecular complexity index is 416. The van der Waals surface area contributed by atoms with Crippen molar-refractivity contribution in [1.29, 1.82) is 0 Å². The van der Waals surface area contributed by atoms with E-state index in [0.717, 1.165) is 24.8 Å². The van der Waals surface area contributed by atoms with Crippen molar-refractivity contribution in [1.82, 2.24) is 0 Å². The number of benzene rings is 1. The Balaban J connectivity index is 2.61. The minimum atomic E-state index is -0.930. The molecule has 0 bridgehead atoms. The van der Waals surface area contributed by atoms with E-state index in [1.807, 2.05) is 0 Å². The normalized spacial score (nSPS) is 11.5. The predicted octanol–water partition coefficient (Wildman–Crippen LogP) is 3.85. The summed E-state index contributed by atoms with van der Waals surface area (Å²) in [5.41, 5.74) is 1.33. The van der Waals surface area contributed by atoms with Crippen molar-refractivity contribution in [3.63, 3.8) is 0 Å². The molecule has 1 aromatic rings. The van der Waals surface area contributed by atoms with Gasteiger partial charge in [0.25, 0.3) is 0 Å². The van der Waals surface area contributed by atoms with E-state index in [2.05, 4.69) is 20.8 Å². The highest BCUT2D eigenvalue weighted by Gasteiger charge is 2.12. The second kappa shape index (κ2) is 5.89. The smallest absolute Gasteiger partial charge is 0.335 e. The van der Waals surface area contributed by atoms with Gasteiger partial charge in [0.15, 0.2) is 0 Å². The number of hydrogen-bond acceptors (Lipinski definition) is 2. The molecule has 0 aliphatic heterocycles. The zero-order valence-electron chi connectivity index (χ0n) is 11.4. The highest BCUT2D eigenvalue weighted by Crippen LogP contribution is 2.24. The maximum absolute atomic E-state index is 11.0. The summed E-state index contributed by atoms with van der Waals surface area (Å²) in [5.74, 6) is -0.799. The van der Waals surface area contributed by atoms with E-state index >= 15 is 0 Å². The number of aryl methyl sites for hydroxylation is 1. The summed E-state index contributed by atoms with van der Waals surface area (Å²) in [6.07, 6.45) is 3.83.